The number of carboxylic acids is 1. The van der Waals surface area contributed by atoms with Crippen molar-refractivity contribution < 1.29 is 9.90 Å². The number of rotatable bonds is 2. The number of thioether (sulfide) groups is 3. The van der Waals surface area contributed by atoms with Crippen molar-refractivity contribution in [3.63, 3.8) is 0 Å². The van der Waals surface area contributed by atoms with Crippen molar-refractivity contribution in [3.8, 4) is 0 Å². The van der Waals surface area contributed by atoms with Gasteiger partial charge in [-0.25, -0.2) is 4.79 Å². The summed E-state index contributed by atoms with van der Waals surface area (Å²) in [5.74, 6) is -0.922. The van der Waals surface area contributed by atoms with E-state index in [0.717, 1.165) is 15.2 Å². The third-order valence-corrected chi connectivity index (χ3v) is 5.56. The summed E-state index contributed by atoms with van der Waals surface area (Å²) in [6, 6.07) is 6.78. The lowest BCUT2D eigenvalue weighted by atomic mass is 10.2. The smallest absolute Gasteiger partial charge is 0.335 e. The van der Waals surface area contributed by atoms with Crippen molar-refractivity contribution in [2.45, 2.75) is 27.7 Å². The molecule has 0 spiro atoms. The van der Waals surface area contributed by atoms with E-state index < -0.39 is 5.97 Å². The van der Waals surface area contributed by atoms with Crippen LogP contribution in [-0.4, -0.2) is 60.5 Å². The number of hydrogen-bond donors (Lipinski definition) is 1. The summed E-state index contributed by atoms with van der Waals surface area (Å²) in [6.45, 7) is 8.00. The topological polar surface area (TPSA) is 65.3 Å². The van der Waals surface area contributed by atoms with Crippen molar-refractivity contribution in [1.82, 2.24) is 0 Å². The molecule has 1 aromatic rings. The monoisotopic (exact) mass is 433 g/mol. The van der Waals surface area contributed by atoms with Gasteiger partial charge in [0.25, 0.3) is 0 Å². The van der Waals surface area contributed by atoms with Crippen molar-refractivity contribution in [2.75, 3.05) is 44.8 Å². The lowest BCUT2D eigenvalue weighted by Crippen LogP contribution is -2.23. The summed E-state index contributed by atoms with van der Waals surface area (Å²) < 4.78 is 1.14. The molecule has 0 amide bonds. The molecule has 5 nitrogen and oxygen atoms in total. The van der Waals surface area contributed by atoms with Gasteiger partial charge in [-0.1, -0.05) is 45.5 Å². The molecule has 0 aliphatic carbocycles. The Bertz CT molecular complexity index is 559. The van der Waals surface area contributed by atoms with Gasteiger partial charge < -0.3 is 10.0 Å². The van der Waals surface area contributed by atoms with E-state index in [1.54, 1.807) is 48.8 Å². The molecule has 0 fully saturated rings. The largest absolute Gasteiger partial charge is 0.478 e. The minimum absolute atomic E-state index is 0.279. The fraction of sp³-hybridized carbons (Fsp3) is 0.526. The molecule has 0 saturated carbocycles. The number of amidine groups is 1. The van der Waals surface area contributed by atoms with Crippen LogP contribution in [0.2, 0.25) is 0 Å². The molecule has 0 atom stereocenters. The molecule has 156 valence electrons. The van der Waals surface area contributed by atoms with Crippen molar-refractivity contribution in [3.05, 3.63) is 29.8 Å². The third-order valence-electron chi connectivity index (χ3n) is 2.67. The standard InChI is InChI=1S/C11H14N2O2S.C4H9NS2.2C2H6/c1-12-11(16-3)13(2)9-6-4-5-8(7-9)10(14)15;1-5-4(6-2)7-3;2*1-2/h4-7H,1-3H3,(H,14,15);1-3H3;2*1-2H3. The van der Waals surface area contributed by atoms with Crippen LogP contribution in [0.15, 0.2) is 34.3 Å². The molecule has 0 aromatic heterocycles. The molecule has 0 unspecified atom stereocenters. The summed E-state index contributed by atoms with van der Waals surface area (Å²) in [7, 11) is 5.38. The number of nitrogens with zero attached hydrogens (tertiary/aromatic N) is 3. The van der Waals surface area contributed by atoms with Crippen LogP contribution < -0.4 is 4.90 Å². The fourth-order valence-corrected chi connectivity index (χ4v) is 3.20. The Morgan fingerprint density at radius 1 is 0.963 bits per heavy atom. The summed E-state index contributed by atoms with van der Waals surface area (Å²) >= 11 is 4.88. The molecule has 8 heteroatoms. The third kappa shape index (κ3) is 13.7. The predicted molar refractivity (Wildman–Crippen MR) is 132 cm³/mol. The second-order valence-corrected chi connectivity index (χ2v) is 6.64. The number of aromatic carboxylic acids is 1. The van der Waals surface area contributed by atoms with Crippen LogP contribution in [0.4, 0.5) is 5.69 Å². The maximum Gasteiger partial charge on any atom is 0.335 e. The van der Waals surface area contributed by atoms with Crippen molar-refractivity contribution >= 4 is 56.5 Å². The number of carbonyl (C=O) groups is 1. The number of benzene rings is 1. The molecule has 0 radical (unpaired) electrons. The number of anilines is 1. The zero-order chi connectivity index (χ0) is 21.8. The maximum atomic E-state index is 10.8. The van der Waals surface area contributed by atoms with Crippen LogP contribution in [0.1, 0.15) is 38.1 Å². The zero-order valence-electron chi connectivity index (χ0n) is 18.2. The number of hydrogen-bond acceptors (Lipinski definition) is 6. The Kier molecular flexibility index (Phi) is 24.0. The molecule has 1 rings (SSSR count). The first kappa shape index (κ1) is 30.6. The first-order valence-corrected chi connectivity index (χ1v) is 12.2. The van der Waals surface area contributed by atoms with Crippen molar-refractivity contribution in [2.24, 2.45) is 9.98 Å². The molecule has 27 heavy (non-hydrogen) atoms. The van der Waals surface area contributed by atoms with E-state index in [2.05, 4.69) is 9.98 Å². The molecule has 0 heterocycles. The summed E-state index contributed by atoms with van der Waals surface area (Å²) in [6.07, 6.45) is 5.98. The highest BCUT2D eigenvalue weighted by Crippen LogP contribution is 2.18. The van der Waals surface area contributed by atoms with Gasteiger partial charge in [0.15, 0.2) is 5.17 Å². The van der Waals surface area contributed by atoms with E-state index in [1.807, 2.05) is 71.5 Å². The Hall–Kier alpha value is -1.12. The minimum Gasteiger partial charge on any atom is -0.478 e. The van der Waals surface area contributed by atoms with Gasteiger partial charge in [-0.3, -0.25) is 9.98 Å². The Morgan fingerprint density at radius 3 is 1.78 bits per heavy atom. The molecule has 0 aliphatic rings. The lowest BCUT2D eigenvalue weighted by Gasteiger charge is -2.19. The molecule has 0 bridgehead atoms. The van der Waals surface area contributed by atoms with Crippen LogP contribution in [0, 0.1) is 0 Å². The first-order valence-electron chi connectivity index (χ1n) is 8.57. The van der Waals surface area contributed by atoms with E-state index in [1.165, 1.54) is 11.8 Å². The summed E-state index contributed by atoms with van der Waals surface area (Å²) in [5.41, 5.74) is 1.09. The Morgan fingerprint density at radius 2 is 1.48 bits per heavy atom. The van der Waals surface area contributed by atoms with Crippen LogP contribution in [0.5, 0.6) is 0 Å². The maximum absolute atomic E-state index is 10.8. The van der Waals surface area contributed by atoms with Crippen LogP contribution in [-0.2, 0) is 0 Å². The summed E-state index contributed by atoms with van der Waals surface area (Å²) in [5, 5.41) is 9.73. The highest BCUT2D eigenvalue weighted by atomic mass is 32.2. The summed E-state index contributed by atoms with van der Waals surface area (Å²) in [4.78, 5) is 20.8. The first-order chi connectivity index (χ1) is 12.9. The normalized spacial score (nSPS) is 9.33. The van der Waals surface area contributed by atoms with Gasteiger partial charge in [0.05, 0.1) is 5.56 Å². The van der Waals surface area contributed by atoms with E-state index in [9.17, 15) is 4.79 Å². The number of aliphatic imine (C=N–C) groups is 2. The van der Waals surface area contributed by atoms with Crippen LogP contribution >= 0.6 is 35.3 Å². The van der Waals surface area contributed by atoms with Gasteiger partial charge >= 0.3 is 5.97 Å². The lowest BCUT2D eigenvalue weighted by molar-refractivity contribution is 0.0697. The molecule has 0 saturated heterocycles. The Balaban J connectivity index is -0.000000440. The average molecular weight is 434 g/mol. The minimum atomic E-state index is -0.922. The molecule has 0 aliphatic heterocycles. The quantitative estimate of drug-likeness (QED) is 0.461. The van der Waals surface area contributed by atoms with Gasteiger partial charge in [-0.2, -0.15) is 0 Å². The van der Waals surface area contributed by atoms with Gasteiger partial charge in [0, 0.05) is 26.8 Å². The average Bonchev–Trinajstić information content (AvgIpc) is 2.73. The molecular weight excluding hydrogens is 398 g/mol. The molecular formula is C19H35N3O2S3. The van der Waals surface area contributed by atoms with Crippen LogP contribution in [0.25, 0.3) is 0 Å². The van der Waals surface area contributed by atoms with Crippen LogP contribution in [0.3, 0.4) is 0 Å². The fourth-order valence-electron chi connectivity index (χ4n) is 1.60. The SMILES string of the molecule is CC.CC.CN=C(SC)N(C)c1cccc(C(=O)O)c1.CN=C(SC)SC. The van der Waals surface area contributed by atoms with Crippen molar-refractivity contribution in [1.29, 1.82) is 0 Å². The highest BCUT2D eigenvalue weighted by Gasteiger charge is 2.09. The molecule has 1 aromatic carbocycles. The van der Waals surface area contributed by atoms with E-state index >= 15 is 0 Å². The number of carboxylic acid groups (broad SMARTS) is 1. The van der Waals surface area contributed by atoms with Gasteiger partial charge in [0.2, 0.25) is 0 Å². The second-order valence-electron chi connectivity index (χ2n) is 4.02. The van der Waals surface area contributed by atoms with Gasteiger partial charge in [0.1, 0.15) is 4.38 Å². The molecule has 1 N–H and O–H groups in total. The Labute approximate surface area is 178 Å². The van der Waals surface area contributed by atoms with E-state index in [0.29, 0.717) is 0 Å². The van der Waals surface area contributed by atoms with E-state index in [4.69, 9.17) is 5.11 Å². The zero-order valence-corrected chi connectivity index (χ0v) is 20.7. The van der Waals surface area contributed by atoms with Gasteiger partial charge in [-0.15, -0.1) is 23.5 Å². The van der Waals surface area contributed by atoms with E-state index in [-0.39, 0.29) is 5.56 Å². The van der Waals surface area contributed by atoms with Gasteiger partial charge in [-0.05, 0) is 37.0 Å². The highest BCUT2D eigenvalue weighted by molar-refractivity contribution is 8.38. The predicted octanol–water partition coefficient (Wildman–Crippen LogP) is 5.92. The second kappa shape index (κ2) is 21.2.